The number of esters is 1. The van der Waals surface area contributed by atoms with Crippen molar-refractivity contribution in [1.29, 1.82) is 0 Å². The molecule has 2 aromatic rings. The van der Waals surface area contributed by atoms with Crippen LogP contribution in [-0.4, -0.2) is 11.1 Å². The molecule has 0 saturated carbocycles. The molecule has 0 fully saturated rings. The van der Waals surface area contributed by atoms with Crippen LogP contribution in [0.15, 0.2) is 40.9 Å². The van der Waals surface area contributed by atoms with Gasteiger partial charge in [-0.2, -0.15) is 0 Å². The molecule has 1 N–H and O–H groups in total. The number of ether oxygens (including phenoxy) is 1. The molecule has 0 saturated heterocycles. The third-order valence-corrected chi connectivity index (χ3v) is 3.54. The summed E-state index contributed by atoms with van der Waals surface area (Å²) in [6.45, 7) is 4.16. The minimum atomic E-state index is -0.537. The van der Waals surface area contributed by atoms with E-state index in [1.165, 1.54) is 6.07 Å². The van der Waals surface area contributed by atoms with E-state index in [-0.39, 0.29) is 17.9 Å². The molecular weight excluding hydrogens is 320 g/mol. The zero-order chi connectivity index (χ0) is 14.7. The van der Waals surface area contributed by atoms with E-state index in [1.807, 2.05) is 32.0 Å². The van der Waals surface area contributed by atoms with Crippen LogP contribution in [0.25, 0.3) is 0 Å². The number of hydrogen-bond donors (Lipinski definition) is 1. The lowest BCUT2D eigenvalue weighted by molar-refractivity contribution is 0.0468. The molecule has 3 nitrogen and oxygen atoms in total. The maximum atomic E-state index is 12.0. The number of phenolic OH excluding ortho intramolecular Hbond substituents is 1. The topological polar surface area (TPSA) is 46.5 Å². The minimum Gasteiger partial charge on any atom is -0.507 e. The molecule has 2 aromatic carbocycles. The van der Waals surface area contributed by atoms with E-state index in [2.05, 4.69) is 15.9 Å². The molecule has 0 aromatic heterocycles. The Balaban J connectivity index is 2.12. The number of carbonyl (C=O) groups is 1. The second-order valence-corrected chi connectivity index (χ2v) is 5.58. The van der Waals surface area contributed by atoms with Gasteiger partial charge in [-0.3, -0.25) is 0 Å². The fraction of sp³-hybridized carbons (Fsp3) is 0.188. The van der Waals surface area contributed by atoms with Gasteiger partial charge in [0.2, 0.25) is 0 Å². The normalized spacial score (nSPS) is 10.3. The van der Waals surface area contributed by atoms with Crippen molar-refractivity contribution in [3.63, 3.8) is 0 Å². The van der Waals surface area contributed by atoms with Crippen LogP contribution in [0.3, 0.4) is 0 Å². The number of aryl methyl sites for hydroxylation is 2. The van der Waals surface area contributed by atoms with Gasteiger partial charge in [0, 0.05) is 4.47 Å². The Morgan fingerprint density at radius 3 is 2.70 bits per heavy atom. The van der Waals surface area contributed by atoms with Gasteiger partial charge in [0.1, 0.15) is 17.9 Å². The molecule has 0 radical (unpaired) electrons. The Morgan fingerprint density at radius 1 is 1.20 bits per heavy atom. The lowest BCUT2D eigenvalue weighted by Crippen LogP contribution is -2.06. The highest BCUT2D eigenvalue weighted by atomic mass is 79.9. The van der Waals surface area contributed by atoms with Crippen molar-refractivity contribution in [3.05, 3.63) is 63.1 Å². The fourth-order valence-corrected chi connectivity index (χ4v) is 2.21. The van der Waals surface area contributed by atoms with Crippen molar-refractivity contribution in [3.8, 4) is 5.75 Å². The van der Waals surface area contributed by atoms with Gasteiger partial charge in [-0.05, 0) is 43.2 Å². The minimum absolute atomic E-state index is 0.0841. The summed E-state index contributed by atoms with van der Waals surface area (Å²) in [6.07, 6.45) is 0. The third kappa shape index (κ3) is 3.39. The Hall–Kier alpha value is -1.81. The number of hydrogen-bond acceptors (Lipinski definition) is 3. The summed E-state index contributed by atoms with van der Waals surface area (Å²) in [5.74, 6) is -0.621. The zero-order valence-corrected chi connectivity index (χ0v) is 12.9. The highest BCUT2D eigenvalue weighted by Gasteiger charge is 2.13. The molecule has 0 bridgehead atoms. The highest BCUT2D eigenvalue weighted by Crippen LogP contribution is 2.23. The number of carbonyl (C=O) groups excluding carboxylic acids is 1. The van der Waals surface area contributed by atoms with Crippen molar-refractivity contribution in [2.75, 3.05) is 0 Å². The van der Waals surface area contributed by atoms with E-state index in [0.29, 0.717) is 4.47 Å². The molecule has 2 rings (SSSR count). The van der Waals surface area contributed by atoms with Gasteiger partial charge in [-0.15, -0.1) is 0 Å². The number of benzene rings is 2. The molecule has 0 aliphatic rings. The van der Waals surface area contributed by atoms with E-state index in [0.717, 1.165) is 16.7 Å². The summed E-state index contributed by atoms with van der Waals surface area (Å²) in [4.78, 5) is 12.0. The van der Waals surface area contributed by atoms with Gasteiger partial charge < -0.3 is 9.84 Å². The summed E-state index contributed by atoms with van der Waals surface area (Å²) < 4.78 is 5.98. The first-order valence-electron chi connectivity index (χ1n) is 6.19. The highest BCUT2D eigenvalue weighted by molar-refractivity contribution is 9.10. The second-order valence-electron chi connectivity index (χ2n) is 4.67. The van der Waals surface area contributed by atoms with Gasteiger partial charge >= 0.3 is 5.97 Å². The smallest absolute Gasteiger partial charge is 0.342 e. The van der Waals surface area contributed by atoms with Gasteiger partial charge in [0.15, 0.2) is 0 Å². The predicted molar refractivity (Wildman–Crippen MR) is 80.8 cm³/mol. The average molecular weight is 335 g/mol. The van der Waals surface area contributed by atoms with Crippen LogP contribution in [0.5, 0.6) is 5.75 Å². The van der Waals surface area contributed by atoms with Crippen LogP contribution in [0, 0.1) is 13.8 Å². The fourth-order valence-electron chi connectivity index (χ4n) is 1.85. The van der Waals surface area contributed by atoms with Crippen molar-refractivity contribution in [2.45, 2.75) is 20.5 Å². The Morgan fingerprint density at radius 2 is 1.95 bits per heavy atom. The van der Waals surface area contributed by atoms with Crippen molar-refractivity contribution in [1.82, 2.24) is 0 Å². The first kappa shape index (κ1) is 14.6. The third-order valence-electron chi connectivity index (χ3n) is 3.04. The number of rotatable bonds is 3. The first-order valence-corrected chi connectivity index (χ1v) is 6.98. The van der Waals surface area contributed by atoms with E-state index >= 15 is 0 Å². The van der Waals surface area contributed by atoms with Crippen LogP contribution in [0.1, 0.15) is 27.0 Å². The summed E-state index contributed by atoms with van der Waals surface area (Å²) in [6, 6.07) is 10.7. The molecule has 0 amide bonds. The van der Waals surface area contributed by atoms with E-state index in [4.69, 9.17) is 4.74 Å². The largest absolute Gasteiger partial charge is 0.507 e. The quantitative estimate of drug-likeness (QED) is 0.858. The molecule has 20 heavy (non-hydrogen) atoms. The van der Waals surface area contributed by atoms with Gasteiger partial charge in [0.25, 0.3) is 0 Å². The monoisotopic (exact) mass is 334 g/mol. The molecule has 4 heteroatoms. The zero-order valence-electron chi connectivity index (χ0n) is 11.3. The molecule has 104 valence electrons. The molecule has 0 heterocycles. The molecule has 0 aliphatic carbocycles. The van der Waals surface area contributed by atoms with Crippen molar-refractivity contribution < 1.29 is 14.6 Å². The number of phenols is 1. The number of aromatic hydroxyl groups is 1. The molecule has 0 atom stereocenters. The van der Waals surface area contributed by atoms with Crippen LogP contribution < -0.4 is 0 Å². The Bertz CT molecular complexity index is 650. The summed E-state index contributed by atoms with van der Waals surface area (Å²) in [7, 11) is 0. The van der Waals surface area contributed by atoms with E-state index in [9.17, 15) is 9.90 Å². The van der Waals surface area contributed by atoms with Crippen LogP contribution in [0.4, 0.5) is 0 Å². The molecular formula is C16H15BrO3. The van der Waals surface area contributed by atoms with Gasteiger partial charge in [-0.25, -0.2) is 4.79 Å². The van der Waals surface area contributed by atoms with E-state index < -0.39 is 5.97 Å². The van der Waals surface area contributed by atoms with Crippen molar-refractivity contribution in [2.24, 2.45) is 0 Å². The second kappa shape index (κ2) is 6.09. The van der Waals surface area contributed by atoms with Crippen LogP contribution in [-0.2, 0) is 11.3 Å². The Labute approximate surface area is 126 Å². The molecule has 0 spiro atoms. The summed E-state index contributed by atoms with van der Waals surface area (Å²) >= 11 is 3.26. The predicted octanol–water partition coefficient (Wildman–Crippen LogP) is 4.13. The molecule has 0 aliphatic heterocycles. The Kier molecular flexibility index (Phi) is 4.45. The maximum absolute atomic E-state index is 12.0. The summed E-state index contributed by atoms with van der Waals surface area (Å²) in [5.41, 5.74) is 3.31. The van der Waals surface area contributed by atoms with Crippen LogP contribution in [0.2, 0.25) is 0 Å². The lowest BCUT2D eigenvalue weighted by Gasteiger charge is -2.09. The first-order chi connectivity index (χ1) is 9.47. The summed E-state index contributed by atoms with van der Waals surface area (Å²) in [5, 5.41) is 9.68. The van der Waals surface area contributed by atoms with E-state index in [1.54, 1.807) is 12.1 Å². The van der Waals surface area contributed by atoms with Gasteiger partial charge in [0.05, 0.1) is 0 Å². The van der Waals surface area contributed by atoms with Gasteiger partial charge in [-0.1, -0.05) is 39.7 Å². The SMILES string of the molecule is Cc1ccc(C)c(COC(=O)c2cc(Br)ccc2O)c1. The molecule has 0 unspecified atom stereocenters. The lowest BCUT2D eigenvalue weighted by atomic mass is 10.1. The standard InChI is InChI=1S/C16H15BrO3/c1-10-3-4-11(2)12(7-10)9-20-16(19)14-8-13(17)5-6-15(14)18/h3-8,18H,9H2,1-2H3. The maximum Gasteiger partial charge on any atom is 0.342 e. The van der Waals surface area contributed by atoms with Crippen LogP contribution >= 0.6 is 15.9 Å². The number of halogens is 1. The average Bonchev–Trinajstić information content (AvgIpc) is 2.42. The van der Waals surface area contributed by atoms with Crippen molar-refractivity contribution >= 4 is 21.9 Å².